The number of hydrogen-bond donors (Lipinski definition) is 3. The van der Waals surface area contributed by atoms with Gasteiger partial charge in [0, 0.05) is 23.1 Å². The molecule has 0 spiro atoms. The first-order valence-corrected chi connectivity index (χ1v) is 6.91. The lowest BCUT2D eigenvalue weighted by atomic mass is 10.1. The van der Waals surface area contributed by atoms with Crippen LogP contribution in [-0.2, 0) is 0 Å². The number of thiophene rings is 1. The number of nitrogens with zero attached hydrogens (tertiary/aromatic N) is 1. The average Bonchev–Trinajstić information content (AvgIpc) is 3.00. The van der Waals surface area contributed by atoms with Crippen molar-refractivity contribution in [2.45, 2.75) is 18.9 Å². The molecule has 3 rings (SSSR count). The molecule has 5 heteroatoms. The van der Waals surface area contributed by atoms with E-state index in [-0.39, 0.29) is 0 Å². The molecule has 1 fully saturated rings. The number of piperidine rings is 1. The lowest BCUT2D eigenvalue weighted by molar-refractivity contribution is 0.478. The van der Waals surface area contributed by atoms with Crippen molar-refractivity contribution >= 4 is 17.2 Å². The number of hydrogen-bond acceptors (Lipinski definition) is 4. The van der Waals surface area contributed by atoms with Gasteiger partial charge in [0.2, 0.25) is 0 Å². The SMILES string of the molecule is c1cc(-c2cc(NC3CCNCC3)n[nH]2)cs1. The molecule has 1 saturated heterocycles. The molecule has 0 bridgehead atoms. The first kappa shape index (κ1) is 10.8. The quantitative estimate of drug-likeness (QED) is 0.781. The van der Waals surface area contributed by atoms with Crippen LogP contribution in [0.3, 0.4) is 0 Å². The summed E-state index contributed by atoms with van der Waals surface area (Å²) in [5.74, 6) is 0.957. The van der Waals surface area contributed by atoms with E-state index < -0.39 is 0 Å². The van der Waals surface area contributed by atoms with E-state index in [9.17, 15) is 0 Å². The zero-order chi connectivity index (χ0) is 11.5. The van der Waals surface area contributed by atoms with Crippen LogP contribution in [0.25, 0.3) is 11.3 Å². The van der Waals surface area contributed by atoms with Gasteiger partial charge in [0.05, 0.1) is 5.69 Å². The van der Waals surface area contributed by atoms with Crippen LogP contribution in [0.5, 0.6) is 0 Å². The Morgan fingerprint density at radius 3 is 3.00 bits per heavy atom. The number of H-pyrrole nitrogens is 1. The van der Waals surface area contributed by atoms with E-state index in [0.29, 0.717) is 6.04 Å². The van der Waals surface area contributed by atoms with Crippen molar-refractivity contribution in [3.63, 3.8) is 0 Å². The zero-order valence-electron chi connectivity index (χ0n) is 9.57. The van der Waals surface area contributed by atoms with E-state index >= 15 is 0 Å². The molecular weight excluding hydrogens is 232 g/mol. The highest BCUT2D eigenvalue weighted by atomic mass is 32.1. The van der Waals surface area contributed by atoms with E-state index in [1.165, 1.54) is 18.4 Å². The number of nitrogens with one attached hydrogen (secondary N) is 3. The van der Waals surface area contributed by atoms with E-state index in [0.717, 1.165) is 24.6 Å². The molecule has 90 valence electrons. The highest BCUT2D eigenvalue weighted by molar-refractivity contribution is 7.08. The Morgan fingerprint density at radius 1 is 1.35 bits per heavy atom. The van der Waals surface area contributed by atoms with Crippen molar-refractivity contribution in [2.75, 3.05) is 18.4 Å². The van der Waals surface area contributed by atoms with Gasteiger partial charge >= 0.3 is 0 Å². The fourth-order valence-corrected chi connectivity index (χ4v) is 2.79. The Labute approximate surface area is 104 Å². The molecule has 1 aliphatic heterocycles. The lowest BCUT2D eigenvalue weighted by Crippen LogP contribution is -2.35. The van der Waals surface area contributed by atoms with Crippen LogP contribution in [0.1, 0.15) is 12.8 Å². The molecule has 1 aliphatic rings. The van der Waals surface area contributed by atoms with Gasteiger partial charge in [-0.3, -0.25) is 5.10 Å². The second kappa shape index (κ2) is 4.89. The molecule has 0 saturated carbocycles. The minimum Gasteiger partial charge on any atom is -0.366 e. The molecular formula is C12H16N4S. The maximum absolute atomic E-state index is 4.31. The Bertz CT molecular complexity index is 457. The van der Waals surface area contributed by atoms with E-state index in [4.69, 9.17) is 0 Å². The smallest absolute Gasteiger partial charge is 0.148 e. The van der Waals surface area contributed by atoms with Crippen LogP contribution >= 0.6 is 11.3 Å². The normalized spacial score (nSPS) is 17.2. The number of anilines is 1. The predicted octanol–water partition coefficient (Wildman–Crippen LogP) is 2.30. The van der Waals surface area contributed by atoms with Crippen LogP contribution in [0.4, 0.5) is 5.82 Å². The van der Waals surface area contributed by atoms with Crippen LogP contribution < -0.4 is 10.6 Å². The van der Waals surface area contributed by atoms with E-state index in [1.54, 1.807) is 11.3 Å². The Morgan fingerprint density at radius 2 is 2.24 bits per heavy atom. The summed E-state index contributed by atoms with van der Waals surface area (Å²) in [5, 5.41) is 18.4. The number of aromatic nitrogens is 2. The van der Waals surface area contributed by atoms with Crippen molar-refractivity contribution in [1.29, 1.82) is 0 Å². The molecule has 17 heavy (non-hydrogen) atoms. The molecule has 0 aromatic carbocycles. The van der Waals surface area contributed by atoms with Crippen LogP contribution in [0.2, 0.25) is 0 Å². The topological polar surface area (TPSA) is 52.7 Å². The highest BCUT2D eigenvalue weighted by Gasteiger charge is 2.14. The summed E-state index contributed by atoms with van der Waals surface area (Å²) in [6, 6.07) is 4.74. The maximum Gasteiger partial charge on any atom is 0.148 e. The second-order valence-corrected chi connectivity index (χ2v) is 5.13. The second-order valence-electron chi connectivity index (χ2n) is 4.35. The first-order valence-electron chi connectivity index (χ1n) is 5.97. The molecule has 4 nitrogen and oxygen atoms in total. The van der Waals surface area contributed by atoms with Crippen molar-refractivity contribution in [3.05, 3.63) is 22.9 Å². The van der Waals surface area contributed by atoms with Crippen LogP contribution in [-0.4, -0.2) is 29.3 Å². The third-order valence-electron chi connectivity index (χ3n) is 3.10. The van der Waals surface area contributed by atoms with Gasteiger partial charge in [-0.25, -0.2) is 0 Å². The van der Waals surface area contributed by atoms with Gasteiger partial charge in [0.25, 0.3) is 0 Å². The number of rotatable bonds is 3. The summed E-state index contributed by atoms with van der Waals surface area (Å²) in [7, 11) is 0. The van der Waals surface area contributed by atoms with Crippen molar-refractivity contribution < 1.29 is 0 Å². The fraction of sp³-hybridized carbons (Fsp3) is 0.417. The Kier molecular flexibility index (Phi) is 3.11. The van der Waals surface area contributed by atoms with E-state index in [1.807, 2.05) is 0 Å². The van der Waals surface area contributed by atoms with Gasteiger partial charge in [0.1, 0.15) is 5.82 Å². The van der Waals surface area contributed by atoms with Gasteiger partial charge in [-0.05, 0) is 37.4 Å². The first-order chi connectivity index (χ1) is 8.42. The summed E-state index contributed by atoms with van der Waals surface area (Å²) in [5.41, 5.74) is 2.29. The minimum atomic E-state index is 0.551. The molecule has 0 radical (unpaired) electrons. The summed E-state index contributed by atoms with van der Waals surface area (Å²) < 4.78 is 0. The Balaban J connectivity index is 1.68. The molecule has 2 aromatic heterocycles. The van der Waals surface area contributed by atoms with Gasteiger partial charge in [-0.2, -0.15) is 16.4 Å². The molecule has 3 heterocycles. The van der Waals surface area contributed by atoms with Crippen molar-refractivity contribution in [2.24, 2.45) is 0 Å². The average molecular weight is 248 g/mol. The fourth-order valence-electron chi connectivity index (χ4n) is 2.14. The Hall–Kier alpha value is -1.33. The molecule has 0 atom stereocenters. The standard InChI is InChI=1S/C12H16N4S/c1-4-13-5-2-10(1)14-12-7-11(15-16-12)9-3-6-17-8-9/h3,6-8,10,13H,1-2,4-5H2,(H2,14,15,16). The third-order valence-corrected chi connectivity index (χ3v) is 3.78. The van der Waals surface area contributed by atoms with Gasteiger partial charge in [-0.15, -0.1) is 0 Å². The van der Waals surface area contributed by atoms with Crippen LogP contribution in [0, 0.1) is 0 Å². The molecule has 0 amide bonds. The van der Waals surface area contributed by atoms with Gasteiger partial charge in [-0.1, -0.05) is 0 Å². The summed E-state index contributed by atoms with van der Waals surface area (Å²) >= 11 is 1.70. The molecule has 0 unspecified atom stereocenters. The third kappa shape index (κ3) is 2.50. The molecule has 0 aliphatic carbocycles. The molecule has 2 aromatic rings. The van der Waals surface area contributed by atoms with E-state index in [2.05, 4.69) is 43.7 Å². The monoisotopic (exact) mass is 248 g/mol. The largest absolute Gasteiger partial charge is 0.366 e. The van der Waals surface area contributed by atoms with Crippen LogP contribution in [0.15, 0.2) is 22.9 Å². The zero-order valence-corrected chi connectivity index (χ0v) is 10.4. The maximum atomic E-state index is 4.31. The highest BCUT2D eigenvalue weighted by Crippen LogP contribution is 2.22. The summed E-state index contributed by atoms with van der Waals surface area (Å²) in [6.07, 6.45) is 2.33. The number of aromatic amines is 1. The van der Waals surface area contributed by atoms with Gasteiger partial charge < -0.3 is 10.6 Å². The van der Waals surface area contributed by atoms with Crippen molar-refractivity contribution in [1.82, 2.24) is 15.5 Å². The predicted molar refractivity (Wildman–Crippen MR) is 71.4 cm³/mol. The summed E-state index contributed by atoms with van der Waals surface area (Å²) in [4.78, 5) is 0. The summed E-state index contributed by atoms with van der Waals surface area (Å²) in [6.45, 7) is 2.19. The van der Waals surface area contributed by atoms with Gasteiger partial charge in [0.15, 0.2) is 0 Å². The lowest BCUT2D eigenvalue weighted by Gasteiger charge is -2.23. The minimum absolute atomic E-state index is 0.551. The van der Waals surface area contributed by atoms with Crippen molar-refractivity contribution in [3.8, 4) is 11.3 Å². The molecule has 3 N–H and O–H groups in total.